The van der Waals surface area contributed by atoms with Crippen molar-refractivity contribution in [3.05, 3.63) is 35.1 Å². The molecule has 2 atom stereocenters. The Hall–Kier alpha value is -2.09. The van der Waals surface area contributed by atoms with Crippen molar-refractivity contribution >= 4 is 17.5 Å². The number of alkyl halides is 3. The topological polar surface area (TPSA) is 61.9 Å². The van der Waals surface area contributed by atoms with Gasteiger partial charge in [0.05, 0.1) is 0 Å². The third-order valence-corrected chi connectivity index (χ3v) is 6.26. The molecule has 1 aromatic heterocycles. The van der Waals surface area contributed by atoms with Crippen LogP contribution < -0.4 is 0 Å². The van der Waals surface area contributed by atoms with Gasteiger partial charge < -0.3 is 9.88 Å². The van der Waals surface area contributed by atoms with E-state index in [0.29, 0.717) is 17.3 Å². The van der Waals surface area contributed by atoms with Crippen molar-refractivity contribution in [2.75, 3.05) is 13.1 Å². The lowest BCUT2D eigenvalue weighted by Gasteiger charge is -2.40. The third-order valence-electron chi connectivity index (χ3n) is 6.01. The molecule has 2 heterocycles. The molecule has 1 unspecified atom stereocenters. The highest BCUT2D eigenvalue weighted by Gasteiger charge is 2.56. The van der Waals surface area contributed by atoms with Crippen LogP contribution in [0.2, 0.25) is 5.02 Å². The second-order valence-corrected chi connectivity index (χ2v) is 8.24. The molecule has 150 valence electrons. The molecular weight excluding hydrogens is 393 g/mol. The van der Waals surface area contributed by atoms with Gasteiger partial charge in [-0.15, -0.1) is 10.2 Å². The lowest BCUT2D eigenvalue weighted by Crippen LogP contribution is -2.50. The number of rotatable bonds is 3. The normalized spacial score (nSPS) is 24.2. The van der Waals surface area contributed by atoms with E-state index in [9.17, 15) is 18.0 Å². The van der Waals surface area contributed by atoms with Gasteiger partial charge in [-0.05, 0) is 55.4 Å². The number of nitrogens with one attached hydrogen (secondary N) is 1. The molecule has 5 nitrogen and oxygen atoms in total. The molecule has 0 bridgehead atoms. The van der Waals surface area contributed by atoms with Crippen LogP contribution >= 0.6 is 11.6 Å². The van der Waals surface area contributed by atoms with Crippen LogP contribution in [-0.4, -0.2) is 45.3 Å². The van der Waals surface area contributed by atoms with Gasteiger partial charge in [0.2, 0.25) is 0 Å². The van der Waals surface area contributed by atoms with Gasteiger partial charge in [0.15, 0.2) is 5.82 Å². The van der Waals surface area contributed by atoms with Gasteiger partial charge in [0.1, 0.15) is 5.82 Å². The number of halogens is 4. The fraction of sp³-hybridized carbons (Fsp3) is 0.526. The fourth-order valence-corrected chi connectivity index (χ4v) is 4.60. The maximum Gasteiger partial charge on any atom is 0.471 e. The highest BCUT2D eigenvalue weighted by molar-refractivity contribution is 6.30. The van der Waals surface area contributed by atoms with E-state index < -0.39 is 12.1 Å². The van der Waals surface area contributed by atoms with Gasteiger partial charge in [0.25, 0.3) is 0 Å². The molecule has 0 spiro atoms. The monoisotopic (exact) mass is 412 g/mol. The third kappa shape index (κ3) is 3.38. The summed E-state index contributed by atoms with van der Waals surface area (Å²) in [7, 11) is 0. The molecule has 1 amide bonds. The minimum absolute atomic E-state index is 0.0494. The number of hydrogen-bond donors (Lipinski definition) is 1. The maximum absolute atomic E-state index is 12.7. The zero-order chi connectivity index (χ0) is 20.1. The second-order valence-electron chi connectivity index (χ2n) is 7.81. The Kier molecular flexibility index (Phi) is 4.64. The average Bonchev–Trinajstić information content (AvgIpc) is 3.29. The quantitative estimate of drug-likeness (QED) is 0.821. The number of piperidine rings is 1. The Labute approximate surface area is 165 Å². The van der Waals surface area contributed by atoms with Crippen molar-refractivity contribution in [3.63, 3.8) is 0 Å². The molecule has 4 rings (SSSR count). The van der Waals surface area contributed by atoms with E-state index in [1.807, 2.05) is 19.1 Å². The summed E-state index contributed by atoms with van der Waals surface area (Å²) in [6.45, 7) is 2.15. The van der Waals surface area contributed by atoms with E-state index >= 15 is 0 Å². The van der Waals surface area contributed by atoms with Crippen molar-refractivity contribution < 1.29 is 18.0 Å². The number of H-pyrrole nitrogens is 1. The predicted octanol–water partition coefficient (Wildman–Crippen LogP) is 4.20. The Morgan fingerprint density at radius 2 is 1.93 bits per heavy atom. The maximum atomic E-state index is 12.7. The van der Waals surface area contributed by atoms with E-state index in [4.69, 9.17) is 11.6 Å². The number of carbonyl (C=O) groups is 1. The molecule has 9 heteroatoms. The largest absolute Gasteiger partial charge is 0.471 e. The average molecular weight is 413 g/mol. The molecule has 1 saturated carbocycles. The molecular formula is C19H20ClF3N4O. The second kappa shape index (κ2) is 6.76. The van der Waals surface area contributed by atoms with Crippen LogP contribution in [0.5, 0.6) is 0 Å². The van der Waals surface area contributed by atoms with Crippen LogP contribution in [0.15, 0.2) is 24.3 Å². The van der Waals surface area contributed by atoms with Gasteiger partial charge in [0, 0.05) is 29.1 Å². The molecule has 2 fully saturated rings. The van der Waals surface area contributed by atoms with E-state index in [-0.39, 0.29) is 30.3 Å². The number of aromatic nitrogens is 3. The van der Waals surface area contributed by atoms with E-state index in [1.165, 1.54) is 0 Å². The van der Waals surface area contributed by atoms with Crippen LogP contribution in [0.3, 0.4) is 0 Å². The number of nitrogens with zero attached hydrogens (tertiary/aromatic N) is 3. The van der Waals surface area contributed by atoms with Crippen molar-refractivity contribution in [2.45, 2.75) is 37.8 Å². The van der Waals surface area contributed by atoms with Crippen LogP contribution in [0.25, 0.3) is 11.4 Å². The number of likely N-dealkylation sites (tertiary alicyclic amines) is 1. The minimum Gasteiger partial charge on any atom is -0.335 e. The number of aromatic amines is 1. The molecule has 0 radical (unpaired) electrons. The van der Waals surface area contributed by atoms with Crippen LogP contribution in [0.1, 0.15) is 32.0 Å². The van der Waals surface area contributed by atoms with Gasteiger partial charge in [-0.1, -0.05) is 18.5 Å². The molecule has 2 aromatic rings. The van der Waals surface area contributed by atoms with Gasteiger partial charge >= 0.3 is 12.1 Å². The number of carbonyl (C=O) groups excluding carboxylic acids is 1. The first-order valence-corrected chi connectivity index (χ1v) is 9.64. The summed E-state index contributed by atoms with van der Waals surface area (Å²) in [5.41, 5.74) is 0.683. The molecule has 2 aliphatic rings. The number of hydrogen-bond acceptors (Lipinski definition) is 3. The smallest absolute Gasteiger partial charge is 0.335 e. The summed E-state index contributed by atoms with van der Waals surface area (Å²) in [4.78, 5) is 15.8. The SMILES string of the molecule is C[C@@H]1CN(C(=O)C(F)(F)F)CCC1C1(c2nnc(-c3ccc(Cl)cc3)[nH]2)CC1. The molecule has 1 saturated heterocycles. The van der Waals surface area contributed by atoms with Crippen LogP contribution in [0, 0.1) is 11.8 Å². The number of benzene rings is 1. The summed E-state index contributed by atoms with van der Waals surface area (Å²) < 4.78 is 38.2. The lowest BCUT2D eigenvalue weighted by atomic mass is 9.74. The highest BCUT2D eigenvalue weighted by atomic mass is 35.5. The molecule has 1 aromatic carbocycles. The molecule has 28 heavy (non-hydrogen) atoms. The predicted molar refractivity (Wildman–Crippen MR) is 97.6 cm³/mol. The molecule has 1 aliphatic carbocycles. The summed E-state index contributed by atoms with van der Waals surface area (Å²) >= 11 is 5.92. The summed E-state index contributed by atoms with van der Waals surface area (Å²) in [6, 6.07) is 7.27. The standard InChI is InChI=1S/C19H20ClF3N4O/c1-11-10-27(17(28)19(21,22)23)9-6-14(11)18(7-8-18)16-24-15(25-26-16)12-2-4-13(20)5-3-12/h2-5,11,14H,6-10H2,1H3,(H,24,25,26)/t11-,14?/m1/s1. The molecule has 1 aliphatic heterocycles. The Bertz CT molecular complexity index is 876. The van der Waals surface area contributed by atoms with E-state index in [1.54, 1.807) is 12.1 Å². The first-order valence-electron chi connectivity index (χ1n) is 9.26. The lowest BCUT2D eigenvalue weighted by molar-refractivity contribution is -0.188. The minimum atomic E-state index is -4.82. The van der Waals surface area contributed by atoms with E-state index in [0.717, 1.165) is 29.1 Å². The fourth-order valence-electron chi connectivity index (χ4n) is 4.47. The molecule has 1 N–H and O–H groups in total. The zero-order valence-electron chi connectivity index (χ0n) is 15.3. The van der Waals surface area contributed by atoms with Gasteiger partial charge in [-0.3, -0.25) is 4.79 Å². The van der Waals surface area contributed by atoms with Crippen molar-refractivity contribution in [3.8, 4) is 11.4 Å². The van der Waals surface area contributed by atoms with E-state index in [2.05, 4.69) is 15.2 Å². The first kappa shape index (κ1) is 19.2. The Morgan fingerprint density at radius 1 is 1.25 bits per heavy atom. The summed E-state index contributed by atoms with van der Waals surface area (Å²) in [5, 5.41) is 9.24. The van der Waals surface area contributed by atoms with Crippen LogP contribution in [0.4, 0.5) is 13.2 Å². The Balaban J connectivity index is 1.51. The van der Waals surface area contributed by atoms with Crippen molar-refractivity contribution in [2.24, 2.45) is 11.8 Å². The van der Waals surface area contributed by atoms with Gasteiger partial charge in [-0.25, -0.2) is 0 Å². The number of amides is 1. The Morgan fingerprint density at radius 3 is 2.50 bits per heavy atom. The first-order chi connectivity index (χ1) is 13.2. The zero-order valence-corrected chi connectivity index (χ0v) is 16.0. The van der Waals surface area contributed by atoms with Crippen LogP contribution in [-0.2, 0) is 10.2 Å². The van der Waals surface area contributed by atoms with Crippen molar-refractivity contribution in [1.29, 1.82) is 0 Å². The van der Waals surface area contributed by atoms with Gasteiger partial charge in [-0.2, -0.15) is 13.2 Å². The highest BCUT2D eigenvalue weighted by Crippen LogP contribution is 2.57. The van der Waals surface area contributed by atoms with Crippen molar-refractivity contribution in [1.82, 2.24) is 20.1 Å². The summed E-state index contributed by atoms with van der Waals surface area (Å²) in [6.07, 6.45) is -2.45. The summed E-state index contributed by atoms with van der Waals surface area (Å²) in [5.74, 6) is -0.199.